The van der Waals surface area contributed by atoms with Crippen LogP contribution in [0.5, 0.6) is 0 Å². The lowest BCUT2D eigenvalue weighted by Crippen LogP contribution is -2.31. The van der Waals surface area contributed by atoms with Gasteiger partial charge in [-0.25, -0.2) is 4.79 Å². The molecular weight excluding hydrogens is 382 g/mol. The summed E-state index contributed by atoms with van der Waals surface area (Å²) in [6, 6.07) is 13.7. The number of hydrogen-bond acceptors (Lipinski definition) is 3. The van der Waals surface area contributed by atoms with Gasteiger partial charge >= 0.3 is 5.97 Å². The predicted molar refractivity (Wildman–Crippen MR) is 92.4 cm³/mol. The summed E-state index contributed by atoms with van der Waals surface area (Å²) in [7, 11) is 3.22. The van der Waals surface area contributed by atoms with E-state index in [-0.39, 0.29) is 16.5 Å². The fourth-order valence-corrected chi connectivity index (χ4v) is 2.50. The highest BCUT2D eigenvalue weighted by Crippen LogP contribution is 2.26. The van der Waals surface area contributed by atoms with Gasteiger partial charge in [-0.05, 0) is 18.2 Å². The number of carbonyl (C=O) groups excluding carboxylic acids is 2. The van der Waals surface area contributed by atoms with Crippen molar-refractivity contribution < 1.29 is 14.3 Å². The molecule has 2 rings (SSSR count). The molecule has 0 bridgehead atoms. The van der Waals surface area contributed by atoms with Crippen LogP contribution in [0, 0.1) is 0 Å². The Balaban J connectivity index is 2.32. The van der Waals surface area contributed by atoms with Crippen LogP contribution in [0.3, 0.4) is 0 Å². The number of benzene rings is 2. The minimum Gasteiger partial charge on any atom is -0.444 e. The van der Waals surface area contributed by atoms with Gasteiger partial charge in [0.05, 0.1) is 10.6 Å². The van der Waals surface area contributed by atoms with Crippen molar-refractivity contribution in [2.45, 2.75) is 6.10 Å². The van der Waals surface area contributed by atoms with Crippen molar-refractivity contribution in [1.82, 2.24) is 4.90 Å². The molecule has 0 aliphatic carbocycles. The van der Waals surface area contributed by atoms with Crippen molar-refractivity contribution in [2.75, 3.05) is 14.1 Å². The minimum atomic E-state index is -1.02. The zero-order chi connectivity index (χ0) is 17.0. The van der Waals surface area contributed by atoms with Crippen LogP contribution in [-0.4, -0.2) is 30.9 Å². The first-order chi connectivity index (χ1) is 10.9. The summed E-state index contributed by atoms with van der Waals surface area (Å²) >= 11 is 9.33. The summed E-state index contributed by atoms with van der Waals surface area (Å²) in [5.41, 5.74) is 0.805. The normalized spacial score (nSPS) is 11.7. The summed E-state index contributed by atoms with van der Waals surface area (Å²) in [5, 5.41) is 0.266. The Morgan fingerprint density at radius 1 is 1.13 bits per heavy atom. The lowest BCUT2D eigenvalue weighted by Gasteiger charge is -2.21. The third-order valence-electron chi connectivity index (χ3n) is 3.14. The molecule has 120 valence electrons. The minimum absolute atomic E-state index is 0.202. The van der Waals surface area contributed by atoms with Crippen molar-refractivity contribution in [2.24, 2.45) is 0 Å². The van der Waals surface area contributed by atoms with Crippen LogP contribution >= 0.6 is 27.5 Å². The molecule has 0 aromatic heterocycles. The van der Waals surface area contributed by atoms with Crippen LogP contribution < -0.4 is 0 Å². The first-order valence-electron chi connectivity index (χ1n) is 6.82. The maximum Gasteiger partial charge on any atom is 0.340 e. The van der Waals surface area contributed by atoms with E-state index in [0.717, 1.165) is 0 Å². The number of likely N-dealkylation sites (N-methyl/N-ethyl adjacent to an activating group) is 1. The van der Waals surface area contributed by atoms with Gasteiger partial charge in [0.25, 0.3) is 5.91 Å². The molecule has 0 spiro atoms. The molecule has 2 aromatic carbocycles. The number of ether oxygens (including phenoxy) is 1. The highest BCUT2D eigenvalue weighted by molar-refractivity contribution is 9.10. The van der Waals surface area contributed by atoms with Crippen molar-refractivity contribution in [3.63, 3.8) is 0 Å². The van der Waals surface area contributed by atoms with Gasteiger partial charge in [-0.1, -0.05) is 57.9 Å². The molecule has 1 atom stereocenters. The van der Waals surface area contributed by atoms with E-state index in [2.05, 4.69) is 15.9 Å². The van der Waals surface area contributed by atoms with Crippen molar-refractivity contribution in [1.29, 1.82) is 0 Å². The molecule has 23 heavy (non-hydrogen) atoms. The second kappa shape index (κ2) is 7.62. The fraction of sp³-hybridized carbons (Fsp3) is 0.176. The van der Waals surface area contributed by atoms with Gasteiger partial charge in [-0.3, -0.25) is 4.79 Å². The van der Waals surface area contributed by atoms with E-state index in [9.17, 15) is 9.59 Å². The van der Waals surface area contributed by atoms with Crippen LogP contribution in [0.2, 0.25) is 5.02 Å². The maximum atomic E-state index is 12.4. The first kappa shape index (κ1) is 17.5. The van der Waals surface area contributed by atoms with Crippen molar-refractivity contribution in [3.05, 3.63) is 69.2 Å². The van der Waals surface area contributed by atoms with E-state index in [1.54, 1.807) is 56.6 Å². The highest BCUT2D eigenvalue weighted by Gasteiger charge is 2.27. The Morgan fingerprint density at radius 2 is 1.78 bits per heavy atom. The summed E-state index contributed by atoms with van der Waals surface area (Å²) in [4.78, 5) is 26.2. The van der Waals surface area contributed by atoms with Gasteiger partial charge in [0.1, 0.15) is 0 Å². The Hall–Kier alpha value is -1.85. The first-order valence-corrected chi connectivity index (χ1v) is 7.99. The summed E-state index contributed by atoms with van der Waals surface area (Å²) in [6.07, 6.45) is -1.02. The Labute approximate surface area is 148 Å². The van der Waals surface area contributed by atoms with Crippen LogP contribution in [0.15, 0.2) is 53.0 Å². The number of carbonyl (C=O) groups is 2. The van der Waals surface area contributed by atoms with Crippen molar-refractivity contribution >= 4 is 39.4 Å². The number of nitrogens with zero attached hydrogens (tertiary/aromatic N) is 1. The molecule has 1 amide bonds. The van der Waals surface area contributed by atoms with E-state index in [1.165, 1.54) is 4.90 Å². The molecule has 0 aliphatic heterocycles. The lowest BCUT2D eigenvalue weighted by molar-refractivity contribution is -0.138. The van der Waals surface area contributed by atoms with Gasteiger partial charge in [-0.2, -0.15) is 0 Å². The monoisotopic (exact) mass is 395 g/mol. The van der Waals surface area contributed by atoms with E-state index in [4.69, 9.17) is 16.3 Å². The van der Waals surface area contributed by atoms with Gasteiger partial charge in [0.2, 0.25) is 6.10 Å². The average Bonchev–Trinajstić information content (AvgIpc) is 2.54. The fourth-order valence-electron chi connectivity index (χ4n) is 1.95. The van der Waals surface area contributed by atoms with E-state index in [1.807, 2.05) is 6.07 Å². The van der Waals surface area contributed by atoms with Gasteiger partial charge in [-0.15, -0.1) is 0 Å². The lowest BCUT2D eigenvalue weighted by atomic mass is 10.1. The van der Waals surface area contributed by atoms with Crippen LogP contribution in [0.25, 0.3) is 0 Å². The molecule has 4 nitrogen and oxygen atoms in total. The number of hydrogen-bond donors (Lipinski definition) is 0. The summed E-state index contributed by atoms with van der Waals surface area (Å²) < 4.78 is 6.14. The number of halogens is 2. The predicted octanol–water partition coefficient (Wildman–Crippen LogP) is 4.09. The zero-order valence-corrected chi connectivity index (χ0v) is 15.0. The smallest absolute Gasteiger partial charge is 0.340 e. The van der Waals surface area contributed by atoms with Crippen LogP contribution in [-0.2, 0) is 9.53 Å². The third kappa shape index (κ3) is 4.33. The number of amides is 1. The quantitative estimate of drug-likeness (QED) is 0.731. The van der Waals surface area contributed by atoms with E-state index < -0.39 is 12.1 Å². The Kier molecular flexibility index (Phi) is 5.80. The molecule has 0 fully saturated rings. The van der Waals surface area contributed by atoms with Crippen molar-refractivity contribution in [3.8, 4) is 0 Å². The second-order valence-corrected chi connectivity index (χ2v) is 6.38. The largest absolute Gasteiger partial charge is 0.444 e. The zero-order valence-electron chi connectivity index (χ0n) is 12.6. The third-order valence-corrected chi connectivity index (χ3v) is 3.96. The summed E-state index contributed by atoms with van der Waals surface area (Å²) in [5.74, 6) is -0.976. The molecule has 0 N–H and O–H groups in total. The Morgan fingerprint density at radius 3 is 2.39 bits per heavy atom. The number of esters is 1. The van der Waals surface area contributed by atoms with E-state index in [0.29, 0.717) is 10.0 Å². The van der Waals surface area contributed by atoms with E-state index >= 15 is 0 Å². The molecule has 0 heterocycles. The SMILES string of the molecule is CN(C)C(=O)[C@H](OC(=O)c1cc(Br)ccc1Cl)c1ccccc1. The maximum absolute atomic E-state index is 12.4. The van der Waals surface area contributed by atoms with Gasteiger partial charge in [0.15, 0.2) is 0 Å². The molecule has 0 aliphatic rings. The molecule has 0 radical (unpaired) electrons. The summed E-state index contributed by atoms with van der Waals surface area (Å²) in [6.45, 7) is 0. The molecule has 2 aromatic rings. The van der Waals surface area contributed by atoms with Crippen LogP contribution in [0.1, 0.15) is 22.0 Å². The topological polar surface area (TPSA) is 46.6 Å². The molecule has 0 saturated carbocycles. The number of rotatable bonds is 4. The Bertz CT molecular complexity index is 719. The molecule has 6 heteroatoms. The standard InChI is InChI=1S/C17H15BrClNO3/c1-20(2)16(21)15(11-6-4-3-5-7-11)23-17(22)13-10-12(18)8-9-14(13)19/h3-10,15H,1-2H3/t15-/m1/s1. The molecule has 0 unspecified atom stereocenters. The molecule has 0 saturated heterocycles. The van der Waals surface area contributed by atoms with Gasteiger partial charge in [0, 0.05) is 24.1 Å². The van der Waals surface area contributed by atoms with Crippen LogP contribution in [0.4, 0.5) is 0 Å². The van der Waals surface area contributed by atoms with Gasteiger partial charge < -0.3 is 9.64 Å². The second-order valence-electron chi connectivity index (χ2n) is 5.05. The highest BCUT2D eigenvalue weighted by atomic mass is 79.9. The average molecular weight is 397 g/mol. The molecular formula is C17H15BrClNO3.